The molecule has 1 aliphatic rings. The van der Waals surface area contributed by atoms with Gasteiger partial charge in [-0.25, -0.2) is 0 Å². The number of benzene rings is 2. The topological polar surface area (TPSA) is 44.8 Å². The largest absolute Gasteiger partial charge is 0.469 e. The molecule has 0 radical (unpaired) electrons. The standard InChI is InChI=1S/C22H26O4/c1-21(2,15-20(23)24-3)17-9-11-19(12-10-17)22(16-25-13-14-26-22)18-7-5-4-6-8-18/h4-12H,13-16H2,1-3H3. The first-order valence-electron chi connectivity index (χ1n) is 8.93. The average Bonchev–Trinajstić information content (AvgIpc) is 2.69. The summed E-state index contributed by atoms with van der Waals surface area (Å²) in [5.41, 5.74) is 2.34. The Labute approximate surface area is 155 Å². The van der Waals surface area contributed by atoms with Crippen LogP contribution in [0.25, 0.3) is 0 Å². The van der Waals surface area contributed by atoms with E-state index in [1.165, 1.54) is 7.11 Å². The number of methoxy groups -OCH3 is 1. The van der Waals surface area contributed by atoms with Crippen molar-refractivity contribution in [2.24, 2.45) is 0 Å². The van der Waals surface area contributed by atoms with E-state index in [1.54, 1.807) is 0 Å². The maximum Gasteiger partial charge on any atom is 0.306 e. The lowest BCUT2D eigenvalue weighted by Gasteiger charge is -2.38. The van der Waals surface area contributed by atoms with Gasteiger partial charge < -0.3 is 14.2 Å². The van der Waals surface area contributed by atoms with Crippen molar-refractivity contribution in [2.75, 3.05) is 26.9 Å². The lowest BCUT2D eigenvalue weighted by molar-refractivity contribution is -0.141. The van der Waals surface area contributed by atoms with Crippen LogP contribution in [0.1, 0.15) is 37.0 Å². The SMILES string of the molecule is COC(=O)CC(C)(C)c1ccc(C2(c3ccccc3)COCCO2)cc1. The number of rotatable bonds is 5. The summed E-state index contributed by atoms with van der Waals surface area (Å²) < 4.78 is 16.8. The first-order valence-corrected chi connectivity index (χ1v) is 8.93. The van der Waals surface area contributed by atoms with Crippen molar-refractivity contribution in [3.63, 3.8) is 0 Å². The van der Waals surface area contributed by atoms with Gasteiger partial charge in [0.05, 0.1) is 33.4 Å². The van der Waals surface area contributed by atoms with Gasteiger partial charge in [0.1, 0.15) is 5.60 Å². The molecule has 4 heteroatoms. The van der Waals surface area contributed by atoms with Gasteiger partial charge in [0.15, 0.2) is 0 Å². The lowest BCUT2D eigenvalue weighted by Crippen LogP contribution is -2.41. The summed E-state index contributed by atoms with van der Waals surface area (Å²) >= 11 is 0. The molecule has 1 atom stereocenters. The van der Waals surface area contributed by atoms with E-state index in [9.17, 15) is 4.79 Å². The molecule has 138 valence electrons. The molecule has 1 aliphatic heterocycles. The molecule has 1 fully saturated rings. The molecule has 0 N–H and O–H groups in total. The summed E-state index contributed by atoms with van der Waals surface area (Å²) in [7, 11) is 1.42. The molecule has 3 rings (SSSR count). The van der Waals surface area contributed by atoms with Crippen LogP contribution in [0.3, 0.4) is 0 Å². The smallest absolute Gasteiger partial charge is 0.306 e. The Morgan fingerprint density at radius 2 is 1.69 bits per heavy atom. The predicted molar refractivity (Wildman–Crippen MR) is 100 cm³/mol. The Morgan fingerprint density at radius 3 is 2.27 bits per heavy atom. The first-order chi connectivity index (χ1) is 12.5. The zero-order valence-electron chi connectivity index (χ0n) is 15.7. The van der Waals surface area contributed by atoms with E-state index in [4.69, 9.17) is 14.2 Å². The minimum atomic E-state index is -0.593. The zero-order chi connectivity index (χ0) is 18.6. The Kier molecular flexibility index (Phi) is 5.44. The van der Waals surface area contributed by atoms with Crippen molar-refractivity contribution in [1.29, 1.82) is 0 Å². The number of hydrogen-bond acceptors (Lipinski definition) is 4. The predicted octanol–water partition coefficient (Wildman–Crippen LogP) is 3.82. The van der Waals surface area contributed by atoms with Crippen LogP contribution in [0, 0.1) is 0 Å². The van der Waals surface area contributed by atoms with Crippen molar-refractivity contribution < 1.29 is 19.0 Å². The van der Waals surface area contributed by atoms with E-state index < -0.39 is 5.60 Å². The van der Waals surface area contributed by atoms with Crippen molar-refractivity contribution in [3.8, 4) is 0 Å². The average molecular weight is 354 g/mol. The van der Waals surface area contributed by atoms with Gasteiger partial charge in [0, 0.05) is 5.41 Å². The Balaban J connectivity index is 1.93. The van der Waals surface area contributed by atoms with Gasteiger partial charge in [-0.2, -0.15) is 0 Å². The van der Waals surface area contributed by atoms with E-state index >= 15 is 0 Å². The van der Waals surface area contributed by atoms with Gasteiger partial charge in [0.2, 0.25) is 0 Å². The molecular weight excluding hydrogens is 328 g/mol. The summed E-state index contributed by atoms with van der Waals surface area (Å²) in [6.07, 6.45) is 0.340. The van der Waals surface area contributed by atoms with Crippen LogP contribution < -0.4 is 0 Å². The molecule has 1 unspecified atom stereocenters. The fourth-order valence-electron chi connectivity index (χ4n) is 3.47. The molecule has 26 heavy (non-hydrogen) atoms. The fraction of sp³-hybridized carbons (Fsp3) is 0.409. The van der Waals surface area contributed by atoms with Crippen molar-refractivity contribution in [2.45, 2.75) is 31.3 Å². The van der Waals surface area contributed by atoms with Crippen LogP contribution in [0.5, 0.6) is 0 Å². The highest BCUT2D eigenvalue weighted by molar-refractivity contribution is 5.71. The lowest BCUT2D eigenvalue weighted by atomic mass is 9.79. The molecule has 1 saturated heterocycles. The van der Waals surface area contributed by atoms with Crippen LogP contribution in [-0.2, 0) is 30.0 Å². The molecule has 0 saturated carbocycles. The second kappa shape index (κ2) is 7.60. The number of carbonyl (C=O) groups excluding carboxylic acids is 1. The molecule has 0 bridgehead atoms. The third kappa shape index (κ3) is 3.67. The quantitative estimate of drug-likeness (QED) is 0.766. The van der Waals surface area contributed by atoms with Crippen molar-refractivity contribution >= 4 is 5.97 Å². The highest BCUT2D eigenvalue weighted by Crippen LogP contribution is 2.37. The second-order valence-corrected chi connectivity index (χ2v) is 7.31. The molecular formula is C22H26O4. The van der Waals surface area contributed by atoms with Gasteiger partial charge in [0.25, 0.3) is 0 Å². The minimum absolute atomic E-state index is 0.205. The van der Waals surface area contributed by atoms with Crippen LogP contribution in [0.15, 0.2) is 54.6 Å². The maximum atomic E-state index is 11.7. The molecule has 2 aromatic rings. The van der Waals surface area contributed by atoms with E-state index in [1.807, 2.05) is 32.0 Å². The summed E-state index contributed by atoms with van der Waals surface area (Å²) in [4.78, 5) is 11.7. The summed E-state index contributed by atoms with van der Waals surface area (Å²) in [5, 5.41) is 0. The van der Waals surface area contributed by atoms with E-state index in [-0.39, 0.29) is 11.4 Å². The third-order valence-electron chi connectivity index (χ3n) is 5.07. The molecule has 0 aliphatic carbocycles. The Morgan fingerprint density at radius 1 is 1.04 bits per heavy atom. The minimum Gasteiger partial charge on any atom is -0.469 e. The van der Waals surface area contributed by atoms with Crippen LogP contribution in [-0.4, -0.2) is 32.9 Å². The second-order valence-electron chi connectivity index (χ2n) is 7.31. The fourth-order valence-corrected chi connectivity index (χ4v) is 3.47. The number of carbonyl (C=O) groups is 1. The summed E-state index contributed by atoms with van der Waals surface area (Å²) in [5.74, 6) is -0.205. The number of ether oxygens (including phenoxy) is 3. The zero-order valence-corrected chi connectivity index (χ0v) is 15.7. The highest BCUT2D eigenvalue weighted by Gasteiger charge is 2.38. The molecule has 0 spiro atoms. The molecule has 1 heterocycles. The Hall–Kier alpha value is -2.17. The van der Waals surface area contributed by atoms with E-state index in [2.05, 4.69) is 36.4 Å². The molecule has 0 aromatic heterocycles. The number of esters is 1. The molecule has 2 aromatic carbocycles. The Bertz CT molecular complexity index is 728. The van der Waals surface area contributed by atoms with Gasteiger partial charge in [-0.3, -0.25) is 4.79 Å². The molecule has 0 amide bonds. The van der Waals surface area contributed by atoms with Crippen LogP contribution in [0.4, 0.5) is 0 Å². The van der Waals surface area contributed by atoms with Gasteiger partial charge in [-0.15, -0.1) is 0 Å². The van der Waals surface area contributed by atoms with Gasteiger partial charge in [-0.05, 0) is 16.7 Å². The van der Waals surface area contributed by atoms with Crippen molar-refractivity contribution in [1.82, 2.24) is 0 Å². The monoisotopic (exact) mass is 354 g/mol. The highest BCUT2D eigenvalue weighted by atomic mass is 16.6. The molecule has 4 nitrogen and oxygen atoms in total. The van der Waals surface area contributed by atoms with E-state index in [0.717, 1.165) is 16.7 Å². The number of hydrogen-bond donors (Lipinski definition) is 0. The van der Waals surface area contributed by atoms with Gasteiger partial charge in [-0.1, -0.05) is 68.4 Å². The third-order valence-corrected chi connectivity index (χ3v) is 5.07. The van der Waals surface area contributed by atoms with Crippen molar-refractivity contribution in [3.05, 3.63) is 71.3 Å². The summed E-state index contributed by atoms with van der Waals surface area (Å²) in [6, 6.07) is 18.5. The van der Waals surface area contributed by atoms with Crippen LogP contribution >= 0.6 is 0 Å². The first kappa shape index (κ1) is 18.6. The van der Waals surface area contributed by atoms with E-state index in [0.29, 0.717) is 26.2 Å². The maximum absolute atomic E-state index is 11.7. The normalized spacial score (nSPS) is 20.6. The van der Waals surface area contributed by atoms with Gasteiger partial charge >= 0.3 is 5.97 Å². The van der Waals surface area contributed by atoms with Crippen LogP contribution in [0.2, 0.25) is 0 Å². The summed E-state index contributed by atoms with van der Waals surface area (Å²) in [6.45, 7) is 5.75.